The highest BCUT2D eigenvalue weighted by atomic mass is 19.1. The van der Waals surface area contributed by atoms with Crippen LogP contribution in [0.3, 0.4) is 0 Å². The molecule has 0 saturated carbocycles. The first-order valence-electron chi connectivity index (χ1n) is 5.80. The van der Waals surface area contributed by atoms with E-state index in [2.05, 4.69) is 5.32 Å². The van der Waals surface area contributed by atoms with Gasteiger partial charge in [0.05, 0.1) is 5.60 Å². The molecule has 0 radical (unpaired) electrons. The Hall–Kier alpha value is -0.930. The van der Waals surface area contributed by atoms with E-state index in [1.54, 1.807) is 25.1 Å². The summed E-state index contributed by atoms with van der Waals surface area (Å²) in [5.74, 6) is -0.328. The van der Waals surface area contributed by atoms with E-state index in [0.29, 0.717) is 18.0 Å². The number of nitrogens with one attached hydrogen (secondary N) is 1. The first-order chi connectivity index (χ1) is 7.59. The van der Waals surface area contributed by atoms with E-state index in [-0.39, 0.29) is 5.82 Å². The minimum absolute atomic E-state index is 0.301. The molecule has 16 heavy (non-hydrogen) atoms. The first kappa shape index (κ1) is 11.6. The third kappa shape index (κ3) is 2.42. The van der Waals surface area contributed by atoms with Crippen LogP contribution in [0, 0.1) is 5.82 Å². The molecule has 2 atom stereocenters. The van der Waals surface area contributed by atoms with Gasteiger partial charge in [-0.3, -0.25) is 0 Å². The van der Waals surface area contributed by atoms with Crippen molar-refractivity contribution < 1.29 is 9.50 Å². The van der Waals surface area contributed by atoms with Crippen molar-refractivity contribution in [2.24, 2.45) is 0 Å². The average Bonchev–Trinajstić information content (AvgIpc) is 2.70. The summed E-state index contributed by atoms with van der Waals surface area (Å²) in [6.45, 7) is 2.68. The van der Waals surface area contributed by atoms with Gasteiger partial charge >= 0.3 is 0 Å². The average molecular weight is 223 g/mol. The van der Waals surface area contributed by atoms with E-state index < -0.39 is 5.60 Å². The molecule has 2 N–H and O–H groups in total. The zero-order chi connectivity index (χ0) is 11.6. The van der Waals surface area contributed by atoms with E-state index in [4.69, 9.17) is 0 Å². The summed E-state index contributed by atoms with van der Waals surface area (Å²) in [7, 11) is 0. The molecule has 1 aromatic carbocycles. The second-order valence-corrected chi connectivity index (χ2v) is 4.75. The lowest BCUT2D eigenvalue weighted by Crippen LogP contribution is -2.33. The van der Waals surface area contributed by atoms with Gasteiger partial charge in [-0.15, -0.1) is 0 Å². The molecule has 2 rings (SSSR count). The molecule has 88 valence electrons. The molecule has 0 aliphatic carbocycles. The number of aliphatic hydroxyl groups is 1. The summed E-state index contributed by atoms with van der Waals surface area (Å²) < 4.78 is 13.6. The van der Waals surface area contributed by atoms with Crippen LogP contribution in [-0.2, 0) is 5.60 Å². The molecule has 2 unspecified atom stereocenters. The van der Waals surface area contributed by atoms with Crippen LogP contribution < -0.4 is 5.32 Å². The van der Waals surface area contributed by atoms with E-state index >= 15 is 0 Å². The minimum atomic E-state index is -1.09. The van der Waals surface area contributed by atoms with Gasteiger partial charge in [0.1, 0.15) is 5.82 Å². The summed E-state index contributed by atoms with van der Waals surface area (Å²) in [5.41, 5.74) is -0.698. The van der Waals surface area contributed by atoms with Gasteiger partial charge in [-0.2, -0.15) is 0 Å². The Morgan fingerprint density at radius 1 is 1.50 bits per heavy atom. The number of hydrogen-bond acceptors (Lipinski definition) is 2. The molecule has 1 fully saturated rings. The highest BCUT2D eigenvalue weighted by molar-refractivity contribution is 5.23. The molecule has 2 nitrogen and oxygen atoms in total. The van der Waals surface area contributed by atoms with Crippen molar-refractivity contribution in [3.05, 3.63) is 35.6 Å². The molecular formula is C13H18FNO. The number of benzene rings is 1. The lowest BCUT2D eigenvalue weighted by Gasteiger charge is -2.27. The highest BCUT2D eigenvalue weighted by Crippen LogP contribution is 2.29. The van der Waals surface area contributed by atoms with Gasteiger partial charge in [-0.1, -0.05) is 18.2 Å². The van der Waals surface area contributed by atoms with Crippen molar-refractivity contribution in [3.63, 3.8) is 0 Å². The van der Waals surface area contributed by atoms with E-state index in [9.17, 15) is 9.50 Å². The topological polar surface area (TPSA) is 32.3 Å². The van der Waals surface area contributed by atoms with Gasteiger partial charge in [0.2, 0.25) is 0 Å². The van der Waals surface area contributed by atoms with Crippen molar-refractivity contribution in [3.8, 4) is 0 Å². The number of halogens is 1. The van der Waals surface area contributed by atoms with Crippen molar-refractivity contribution in [1.29, 1.82) is 0 Å². The summed E-state index contributed by atoms with van der Waals surface area (Å²) in [6.07, 6.45) is 2.76. The Morgan fingerprint density at radius 3 is 2.88 bits per heavy atom. The fourth-order valence-corrected chi connectivity index (χ4v) is 2.42. The van der Waals surface area contributed by atoms with Crippen LogP contribution in [0.25, 0.3) is 0 Å². The first-order valence-corrected chi connectivity index (χ1v) is 5.80. The van der Waals surface area contributed by atoms with Crippen LogP contribution in [-0.4, -0.2) is 17.7 Å². The van der Waals surface area contributed by atoms with Crippen LogP contribution in [0.4, 0.5) is 4.39 Å². The summed E-state index contributed by atoms with van der Waals surface area (Å²) in [4.78, 5) is 0. The predicted octanol–water partition coefficient (Wildman–Crippen LogP) is 2.18. The van der Waals surface area contributed by atoms with Gasteiger partial charge in [-0.25, -0.2) is 4.39 Å². The van der Waals surface area contributed by atoms with E-state index in [1.807, 2.05) is 0 Å². The monoisotopic (exact) mass is 223 g/mol. The van der Waals surface area contributed by atoms with Crippen LogP contribution in [0.1, 0.15) is 31.7 Å². The standard InChI is InChI=1S/C13H18FNO/c1-13(16,9-10-5-4-8-15-10)11-6-2-3-7-12(11)14/h2-3,6-7,10,15-16H,4-5,8-9H2,1H3. The van der Waals surface area contributed by atoms with Crippen LogP contribution in [0.15, 0.2) is 24.3 Å². The molecule has 1 heterocycles. The molecule has 0 bridgehead atoms. The van der Waals surface area contributed by atoms with E-state index in [1.165, 1.54) is 6.07 Å². The maximum absolute atomic E-state index is 13.6. The fourth-order valence-electron chi connectivity index (χ4n) is 2.42. The van der Waals surface area contributed by atoms with Gasteiger partial charge < -0.3 is 10.4 Å². The smallest absolute Gasteiger partial charge is 0.129 e. The van der Waals surface area contributed by atoms with Crippen molar-refractivity contribution in [1.82, 2.24) is 5.32 Å². The maximum Gasteiger partial charge on any atom is 0.129 e. The van der Waals surface area contributed by atoms with Crippen LogP contribution >= 0.6 is 0 Å². The van der Waals surface area contributed by atoms with Crippen LogP contribution in [0.5, 0.6) is 0 Å². The highest BCUT2D eigenvalue weighted by Gasteiger charge is 2.30. The van der Waals surface area contributed by atoms with Crippen molar-refractivity contribution in [2.75, 3.05) is 6.54 Å². The Labute approximate surface area is 95.5 Å². The maximum atomic E-state index is 13.6. The minimum Gasteiger partial charge on any atom is -0.385 e. The Balaban J connectivity index is 2.14. The lowest BCUT2D eigenvalue weighted by atomic mass is 9.88. The zero-order valence-corrected chi connectivity index (χ0v) is 9.54. The van der Waals surface area contributed by atoms with Crippen LogP contribution in [0.2, 0.25) is 0 Å². The second kappa shape index (κ2) is 4.52. The predicted molar refractivity (Wildman–Crippen MR) is 61.6 cm³/mol. The zero-order valence-electron chi connectivity index (χ0n) is 9.54. The molecular weight excluding hydrogens is 205 g/mol. The Kier molecular flexibility index (Phi) is 3.26. The molecule has 0 aromatic heterocycles. The third-order valence-electron chi connectivity index (χ3n) is 3.26. The Bertz CT molecular complexity index is 359. The van der Waals surface area contributed by atoms with Gasteiger partial charge in [0, 0.05) is 11.6 Å². The molecule has 1 aliphatic heterocycles. The van der Waals surface area contributed by atoms with E-state index in [0.717, 1.165) is 19.4 Å². The fraction of sp³-hybridized carbons (Fsp3) is 0.538. The largest absolute Gasteiger partial charge is 0.385 e. The summed E-state index contributed by atoms with van der Waals surface area (Å²) in [5, 5.41) is 13.7. The normalized spacial score (nSPS) is 24.3. The molecule has 0 amide bonds. The molecule has 0 spiro atoms. The summed E-state index contributed by atoms with van der Waals surface area (Å²) in [6, 6.07) is 6.75. The molecule has 1 saturated heterocycles. The van der Waals surface area contributed by atoms with Gasteiger partial charge in [0.15, 0.2) is 0 Å². The Morgan fingerprint density at radius 2 is 2.25 bits per heavy atom. The lowest BCUT2D eigenvalue weighted by molar-refractivity contribution is 0.0350. The third-order valence-corrected chi connectivity index (χ3v) is 3.26. The van der Waals surface area contributed by atoms with Gasteiger partial charge in [0.25, 0.3) is 0 Å². The van der Waals surface area contributed by atoms with Crippen molar-refractivity contribution in [2.45, 2.75) is 37.8 Å². The number of rotatable bonds is 3. The molecule has 1 aliphatic rings. The second-order valence-electron chi connectivity index (χ2n) is 4.75. The quantitative estimate of drug-likeness (QED) is 0.823. The molecule has 3 heteroatoms. The van der Waals surface area contributed by atoms with Crippen molar-refractivity contribution >= 4 is 0 Å². The van der Waals surface area contributed by atoms with Gasteiger partial charge in [-0.05, 0) is 38.8 Å². The summed E-state index contributed by atoms with van der Waals surface area (Å²) >= 11 is 0. The SMILES string of the molecule is CC(O)(CC1CCCN1)c1ccccc1F. The number of hydrogen-bond donors (Lipinski definition) is 2. The molecule has 1 aromatic rings.